The minimum absolute atomic E-state index is 0.0391. The molecule has 0 aliphatic carbocycles. The Morgan fingerprint density at radius 2 is 1.79 bits per heavy atom. The molecule has 0 atom stereocenters. The van der Waals surface area contributed by atoms with Crippen LogP contribution in [0.5, 0.6) is 11.5 Å². The normalized spacial score (nSPS) is 10.3. The molecule has 1 aromatic carbocycles. The van der Waals surface area contributed by atoms with E-state index in [0.717, 1.165) is 0 Å². The summed E-state index contributed by atoms with van der Waals surface area (Å²) in [7, 11) is 0. The Kier molecular flexibility index (Phi) is 2.90. The predicted octanol–water partition coefficient (Wildman–Crippen LogP) is -2.21. The third kappa shape index (κ3) is 3.02. The van der Waals surface area contributed by atoms with E-state index in [-0.39, 0.29) is 17.5 Å². The fraction of sp³-hybridized carbons (Fsp3) is 0. The van der Waals surface area contributed by atoms with E-state index in [1.807, 2.05) is 0 Å². The fourth-order valence-corrected chi connectivity index (χ4v) is 0.883. The summed E-state index contributed by atoms with van der Waals surface area (Å²) in [5.41, 5.74) is 10.7. The van der Waals surface area contributed by atoms with Crippen LogP contribution >= 0.6 is 0 Å². The lowest BCUT2D eigenvalue weighted by Gasteiger charge is -1.94. The molecule has 0 bridgehead atoms. The molecular weight excluding hydrogens is 184 g/mol. The Balaban J connectivity index is 2.87. The molecule has 7 N–H and O–H groups in total. The second-order valence-electron chi connectivity index (χ2n) is 2.59. The average molecular weight is 195 g/mol. The van der Waals surface area contributed by atoms with E-state index in [2.05, 4.69) is 10.2 Å². The molecule has 6 heteroatoms. The number of nitrogens with one attached hydrogen (secondary N) is 1. The minimum atomic E-state index is -0.106. The van der Waals surface area contributed by atoms with Crippen molar-refractivity contribution in [2.45, 2.75) is 0 Å². The van der Waals surface area contributed by atoms with Crippen LogP contribution in [-0.4, -0.2) is 22.4 Å². The number of phenolic OH excluding ortho intramolecular Hbond substituents is 2. The van der Waals surface area contributed by atoms with Gasteiger partial charge in [-0.25, -0.2) is 0 Å². The summed E-state index contributed by atoms with van der Waals surface area (Å²) in [6.45, 7) is 0. The van der Waals surface area contributed by atoms with E-state index in [0.29, 0.717) is 5.56 Å². The van der Waals surface area contributed by atoms with Gasteiger partial charge in [-0.1, -0.05) is 0 Å². The molecule has 0 amide bonds. The highest BCUT2D eigenvalue weighted by Gasteiger charge is 1.98. The van der Waals surface area contributed by atoms with Crippen LogP contribution in [0, 0.1) is 0 Å². The first-order valence-corrected chi connectivity index (χ1v) is 3.78. The first-order valence-electron chi connectivity index (χ1n) is 3.78. The van der Waals surface area contributed by atoms with E-state index in [9.17, 15) is 0 Å². The summed E-state index contributed by atoms with van der Waals surface area (Å²) >= 11 is 0. The molecule has 0 saturated carbocycles. The number of hydrogen-bond acceptors (Lipinski definition) is 3. The Bertz CT molecular complexity index is 363. The summed E-state index contributed by atoms with van der Waals surface area (Å²) in [5.74, 6) is -0.184. The highest BCUT2D eigenvalue weighted by atomic mass is 16.3. The molecule has 0 fully saturated rings. The van der Waals surface area contributed by atoms with Crippen LogP contribution in [-0.2, 0) is 0 Å². The second-order valence-corrected chi connectivity index (χ2v) is 2.59. The van der Waals surface area contributed by atoms with Crippen LogP contribution < -0.4 is 16.6 Å². The number of hydrogen-bond donors (Lipinski definition) is 5. The Labute approximate surface area is 80.2 Å². The van der Waals surface area contributed by atoms with Gasteiger partial charge in [-0.05, 0) is 12.1 Å². The van der Waals surface area contributed by atoms with Gasteiger partial charge in [0.2, 0.25) is 6.21 Å². The van der Waals surface area contributed by atoms with Crippen molar-refractivity contribution in [3.8, 4) is 11.5 Å². The predicted molar refractivity (Wildman–Crippen MR) is 51.7 cm³/mol. The SMILES string of the molecule is NC(N)=N[NH+]=Cc1cc(O)cc(O)c1. The first kappa shape index (κ1) is 9.85. The van der Waals surface area contributed by atoms with Gasteiger partial charge in [0.25, 0.3) is 5.96 Å². The second kappa shape index (κ2) is 4.13. The third-order valence-corrected chi connectivity index (χ3v) is 1.35. The maximum absolute atomic E-state index is 9.11. The lowest BCUT2D eigenvalue weighted by atomic mass is 10.2. The number of rotatable bonds is 2. The smallest absolute Gasteiger partial charge is 0.256 e. The molecule has 6 nitrogen and oxygen atoms in total. The lowest BCUT2D eigenvalue weighted by molar-refractivity contribution is -0.456. The van der Waals surface area contributed by atoms with Crippen LogP contribution in [0.15, 0.2) is 23.3 Å². The molecule has 74 valence electrons. The van der Waals surface area contributed by atoms with Crippen molar-refractivity contribution in [1.82, 2.24) is 0 Å². The van der Waals surface area contributed by atoms with Crippen LogP contribution in [0.4, 0.5) is 0 Å². The van der Waals surface area contributed by atoms with Crippen molar-refractivity contribution in [2.75, 3.05) is 0 Å². The Morgan fingerprint density at radius 3 is 2.29 bits per heavy atom. The van der Waals surface area contributed by atoms with Gasteiger partial charge >= 0.3 is 0 Å². The summed E-state index contributed by atoms with van der Waals surface area (Å²) in [4.78, 5) is 0. The van der Waals surface area contributed by atoms with Gasteiger partial charge in [0.15, 0.2) is 0 Å². The third-order valence-electron chi connectivity index (χ3n) is 1.35. The van der Waals surface area contributed by atoms with Crippen molar-refractivity contribution < 1.29 is 15.3 Å². The van der Waals surface area contributed by atoms with Crippen LogP contribution in [0.2, 0.25) is 0 Å². The molecule has 14 heavy (non-hydrogen) atoms. The van der Waals surface area contributed by atoms with E-state index >= 15 is 0 Å². The van der Waals surface area contributed by atoms with Crippen molar-refractivity contribution in [3.05, 3.63) is 23.8 Å². The zero-order valence-electron chi connectivity index (χ0n) is 7.31. The maximum atomic E-state index is 9.11. The van der Waals surface area contributed by atoms with Crippen molar-refractivity contribution >= 4 is 12.2 Å². The van der Waals surface area contributed by atoms with Gasteiger partial charge in [-0.2, -0.15) is 0 Å². The van der Waals surface area contributed by atoms with Gasteiger partial charge in [0.1, 0.15) is 11.5 Å². The molecule has 0 spiro atoms. The van der Waals surface area contributed by atoms with Gasteiger partial charge in [-0.3, -0.25) is 0 Å². The summed E-state index contributed by atoms with van der Waals surface area (Å²) < 4.78 is 0. The molecule has 0 saturated heterocycles. The molecule has 1 rings (SSSR count). The van der Waals surface area contributed by atoms with Gasteiger partial charge in [-0.15, -0.1) is 5.10 Å². The zero-order chi connectivity index (χ0) is 10.6. The molecule has 0 aliphatic heterocycles. The zero-order valence-corrected chi connectivity index (χ0v) is 7.31. The monoisotopic (exact) mass is 195 g/mol. The summed E-state index contributed by atoms with van der Waals surface area (Å²) in [6, 6.07) is 4.10. The first-order chi connectivity index (χ1) is 6.58. The quantitative estimate of drug-likeness (QED) is 0.209. The summed E-state index contributed by atoms with van der Waals surface area (Å²) in [6.07, 6.45) is 1.43. The Hall–Kier alpha value is -2.24. The molecule has 1 aromatic rings. The van der Waals surface area contributed by atoms with Crippen molar-refractivity contribution in [1.29, 1.82) is 0 Å². The Morgan fingerprint density at radius 1 is 1.21 bits per heavy atom. The molecular formula is C8H11N4O2+. The van der Waals surface area contributed by atoms with Crippen molar-refractivity contribution in [2.24, 2.45) is 16.6 Å². The lowest BCUT2D eigenvalue weighted by Crippen LogP contribution is -2.63. The number of benzene rings is 1. The van der Waals surface area contributed by atoms with E-state index in [1.165, 1.54) is 24.4 Å². The number of nitrogens with zero attached hydrogens (tertiary/aromatic N) is 1. The number of nitrogens with two attached hydrogens (primary N) is 2. The molecule has 0 radical (unpaired) electrons. The number of phenols is 2. The topological polar surface area (TPSA) is 119 Å². The maximum Gasteiger partial charge on any atom is 0.256 e. The van der Waals surface area contributed by atoms with Crippen LogP contribution in [0.3, 0.4) is 0 Å². The standard InChI is InChI=1S/C8H10N4O2/c9-8(10)12-11-4-5-1-6(13)3-7(14)2-5/h1-4,13-14H,(H4,9,10,12)/p+1. The number of aromatic hydroxyl groups is 2. The van der Waals surface area contributed by atoms with E-state index < -0.39 is 0 Å². The van der Waals surface area contributed by atoms with Gasteiger partial charge in [0.05, 0.1) is 0 Å². The minimum Gasteiger partial charge on any atom is -0.508 e. The molecule has 0 aliphatic rings. The number of guanidine groups is 1. The highest BCUT2D eigenvalue weighted by Crippen LogP contribution is 2.18. The van der Waals surface area contributed by atoms with Gasteiger partial charge < -0.3 is 21.7 Å². The average Bonchev–Trinajstić information content (AvgIpc) is 2.01. The van der Waals surface area contributed by atoms with E-state index in [1.54, 1.807) is 0 Å². The van der Waals surface area contributed by atoms with E-state index in [4.69, 9.17) is 21.7 Å². The van der Waals surface area contributed by atoms with Crippen LogP contribution in [0.1, 0.15) is 5.56 Å². The molecule has 0 unspecified atom stereocenters. The van der Waals surface area contributed by atoms with Gasteiger partial charge in [0, 0.05) is 16.7 Å². The largest absolute Gasteiger partial charge is 0.508 e. The molecule has 0 heterocycles. The fourth-order valence-electron chi connectivity index (χ4n) is 0.883. The number of hydrazone groups is 1. The highest BCUT2D eigenvalue weighted by molar-refractivity contribution is 5.78. The summed E-state index contributed by atoms with van der Waals surface area (Å²) in [5, 5.41) is 24.1. The van der Waals surface area contributed by atoms with Crippen molar-refractivity contribution in [3.63, 3.8) is 0 Å². The molecule has 0 aromatic heterocycles. The van der Waals surface area contributed by atoms with Crippen LogP contribution in [0.25, 0.3) is 0 Å².